The third kappa shape index (κ3) is 4.32. The molecule has 32 heavy (non-hydrogen) atoms. The van der Waals surface area contributed by atoms with Gasteiger partial charge < -0.3 is 19.0 Å². The number of hydrogen-bond donors (Lipinski definition) is 0. The zero-order valence-corrected chi connectivity index (χ0v) is 17.4. The minimum Gasteiger partial charge on any atom is -0.463 e. The minimum atomic E-state index is 0.0233. The highest BCUT2D eigenvalue weighted by atomic mass is 16.5. The van der Waals surface area contributed by atoms with E-state index < -0.39 is 0 Å². The molecule has 1 amide bonds. The third-order valence-electron chi connectivity index (χ3n) is 5.40. The van der Waals surface area contributed by atoms with Crippen LogP contribution in [0, 0.1) is 0 Å². The third-order valence-corrected chi connectivity index (χ3v) is 5.40. The van der Waals surface area contributed by atoms with Gasteiger partial charge in [0.25, 0.3) is 5.91 Å². The van der Waals surface area contributed by atoms with Gasteiger partial charge in [0, 0.05) is 31.7 Å². The lowest BCUT2D eigenvalue weighted by Gasteiger charge is -2.35. The topological polar surface area (TPSA) is 71.7 Å². The van der Waals surface area contributed by atoms with Crippen LogP contribution in [0.2, 0.25) is 0 Å². The molecule has 7 nitrogen and oxygen atoms in total. The van der Waals surface area contributed by atoms with Crippen LogP contribution < -0.4 is 9.64 Å². The van der Waals surface area contributed by atoms with Crippen molar-refractivity contribution in [1.82, 2.24) is 15.1 Å². The second-order valence-electron chi connectivity index (χ2n) is 7.47. The first-order valence-electron chi connectivity index (χ1n) is 10.5. The molecule has 1 aliphatic heterocycles. The first-order chi connectivity index (χ1) is 15.8. The molecule has 0 bridgehead atoms. The largest absolute Gasteiger partial charge is 0.463 e. The molecule has 4 aromatic rings. The van der Waals surface area contributed by atoms with Crippen molar-refractivity contribution in [3.8, 4) is 23.0 Å². The average Bonchev–Trinajstić information content (AvgIpc) is 3.40. The van der Waals surface area contributed by atoms with Gasteiger partial charge in [0.2, 0.25) is 0 Å². The van der Waals surface area contributed by atoms with Crippen molar-refractivity contribution in [3.05, 3.63) is 90.7 Å². The lowest BCUT2D eigenvalue weighted by atomic mass is 10.1. The van der Waals surface area contributed by atoms with Gasteiger partial charge in [-0.05, 0) is 60.7 Å². The fourth-order valence-electron chi connectivity index (χ4n) is 3.66. The van der Waals surface area contributed by atoms with E-state index in [4.69, 9.17) is 9.15 Å². The fourth-order valence-corrected chi connectivity index (χ4v) is 3.66. The molecule has 0 atom stereocenters. The molecule has 2 aromatic carbocycles. The number of nitrogens with zero attached hydrogens (tertiary/aromatic N) is 4. The van der Waals surface area contributed by atoms with Gasteiger partial charge in [-0.2, -0.15) is 0 Å². The molecular weight excluding hydrogens is 404 g/mol. The van der Waals surface area contributed by atoms with Crippen LogP contribution in [0.15, 0.2) is 89.5 Å². The van der Waals surface area contributed by atoms with E-state index in [0.29, 0.717) is 48.9 Å². The molecule has 5 rings (SSSR count). The first kappa shape index (κ1) is 19.8. The lowest BCUT2D eigenvalue weighted by molar-refractivity contribution is 0.0746. The molecule has 160 valence electrons. The van der Waals surface area contributed by atoms with E-state index in [2.05, 4.69) is 15.1 Å². The number of furan rings is 1. The van der Waals surface area contributed by atoms with Crippen molar-refractivity contribution in [2.45, 2.75) is 0 Å². The molecule has 2 aromatic heterocycles. The summed E-state index contributed by atoms with van der Waals surface area (Å²) in [5.41, 5.74) is 1.36. The Morgan fingerprint density at radius 1 is 0.781 bits per heavy atom. The summed E-state index contributed by atoms with van der Waals surface area (Å²) in [5.74, 6) is 2.99. The SMILES string of the molecule is O=C(c1ccc(Oc2ccccc2)cc1)N1CCN(c2ccc(-c3ccco3)nn2)CC1. The Kier molecular flexibility index (Phi) is 5.53. The van der Waals surface area contributed by atoms with E-state index in [1.807, 2.05) is 83.8 Å². The summed E-state index contributed by atoms with van der Waals surface area (Å²) < 4.78 is 11.2. The van der Waals surface area contributed by atoms with Gasteiger partial charge in [-0.1, -0.05) is 18.2 Å². The Morgan fingerprint density at radius 3 is 2.19 bits per heavy atom. The maximum Gasteiger partial charge on any atom is 0.253 e. The van der Waals surface area contributed by atoms with Crippen molar-refractivity contribution in [2.24, 2.45) is 0 Å². The molecule has 0 N–H and O–H groups in total. The molecule has 3 heterocycles. The van der Waals surface area contributed by atoms with Crippen LogP contribution in [-0.4, -0.2) is 47.2 Å². The summed E-state index contributed by atoms with van der Waals surface area (Å²) in [5, 5.41) is 8.59. The number of hydrogen-bond acceptors (Lipinski definition) is 6. The van der Waals surface area contributed by atoms with Crippen LogP contribution in [-0.2, 0) is 0 Å². The second kappa shape index (κ2) is 8.93. The van der Waals surface area contributed by atoms with Crippen LogP contribution in [0.3, 0.4) is 0 Å². The predicted octanol–water partition coefficient (Wildman–Crippen LogP) is 4.49. The zero-order chi connectivity index (χ0) is 21.8. The van der Waals surface area contributed by atoms with Crippen molar-refractivity contribution >= 4 is 11.7 Å². The fraction of sp³-hybridized carbons (Fsp3) is 0.160. The van der Waals surface area contributed by atoms with Gasteiger partial charge >= 0.3 is 0 Å². The van der Waals surface area contributed by atoms with Crippen LogP contribution in [0.5, 0.6) is 11.5 Å². The Hall–Kier alpha value is -4.13. The summed E-state index contributed by atoms with van der Waals surface area (Å²) >= 11 is 0. The van der Waals surface area contributed by atoms with Gasteiger partial charge in [-0.15, -0.1) is 10.2 Å². The first-order valence-corrected chi connectivity index (χ1v) is 10.5. The number of carbonyl (C=O) groups is 1. The van der Waals surface area contributed by atoms with E-state index >= 15 is 0 Å². The van der Waals surface area contributed by atoms with Gasteiger partial charge in [-0.25, -0.2) is 0 Å². The molecule has 1 saturated heterocycles. The predicted molar refractivity (Wildman–Crippen MR) is 121 cm³/mol. The van der Waals surface area contributed by atoms with Crippen LogP contribution >= 0.6 is 0 Å². The van der Waals surface area contributed by atoms with E-state index in [1.54, 1.807) is 6.26 Å². The van der Waals surface area contributed by atoms with Crippen molar-refractivity contribution in [2.75, 3.05) is 31.1 Å². The Balaban J connectivity index is 1.17. The molecule has 1 aliphatic rings. The van der Waals surface area contributed by atoms with Crippen molar-refractivity contribution < 1.29 is 13.9 Å². The number of anilines is 1. The molecule has 0 saturated carbocycles. The zero-order valence-electron chi connectivity index (χ0n) is 17.4. The quantitative estimate of drug-likeness (QED) is 0.468. The Labute approximate surface area is 185 Å². The number of piperazine rings is 1. The van der Waals surface area contributed by atoms with Gasteiger partial charge in [0.05, 0.1) is 6.26 Å². The molecule has 0 radical (unpaired) electrons. The molecule has 0 spiro atoms. The Bertz CT molecular complexity index is 1150. The molecule has 1 fully saturated rings. The summed E-state index contributed by atoms with van der Waals surface area (Å²) in [6, 6.07) is 24.4. The highest BCUT2D eigenvalue weighted by Gasteiger charge is 2.23. The Morgan fingerprint density at radius 2 is 1.53 bits per heavy atom. The number of aromatic nitrogens is 2. The van der Waals surface area contributed by atoms with Crippen molar-refractivity contribution in [3.63, 3.8) is 0 Å². The van der Waals surface area contributed by atoms with E-state index in [0.717, 1.165) is 11.6 Å². The number of benzene rings is 2. The molecular formula is C25H22N4O3. The van der Waals surface area contributed by atoms with Gasteiger partial charge in [0.1, 0.15) is 17.2 Å². The second-order valence-corrected chi connectivity index (χ2v) is 7.47. The maximum absolute atomic E-state index is 12.9. The normalized spacial score (nSPS) is 13.8. The van der Waals surface area contributed by atoms with E-state index in [1.165, 1.54) is 0 Å². The van der Waals surface area contributed by atoms with E-state index in [-0.39, 0.29) is 5.91 Å². The number of ether oxygens (including phenoxy) is 1. The monoisotopic (exact) mass is 426 g/mol. The lowest BCUT2D eigenvalue weighted by Crippen LogP contribution is -2.49. The standard InChI is InChI=1S/C25H22N4O3/c30-25(19-8-10-21(11-9-19)32-20-5-2-1-3-6-20)29-16-14-28(15-17-29)24-13-12-22(26-27-24)23-7-4-18-31-23/h1-13,18H,14-17H2. The van der Waals surface area contributed by atoms with Gasteiger partial charge in [0.15, 0.2) is 11.6 Å². The summed E-state index contributed by atoms with van der Waals surface area (Å²) in [6.45, 7) is 2.66. The summed E-state index contributed by atoms with van der Waals surface area (Å²) in [4.78, 5) is 16.9. The summed E-state index contributed by atoms with van der Waals surface area (Å²) in [6.07, 6.45) is 1.62. The minimum absolute atomic E-state index is 0.0233. The molecule has 0 aliphatic carbocycles. The molecule has 7 heteroatoms. The highest BCUT2D eigenvalue weighted by molar-refractivity contribution is 5.94. The highest BCUT2D eigenvalue weighted by Crippen LogP contribution is 2.23. The number of rotatable bonds is 5. The number of carbonyl (C=O) groups excluding carboxylic acids is 1. The summed E-state index contributed by atoms with van der Waals surface area (Å²) in [7, 11) is 0. The van der Waals surface area contributed by atoms with Crippen LogP contribution in [0.1, 0.15) is 10.4 Å². The van der Waals surface area contributed by atoms with Crippen LogP contribution in [0.4, 0.5) is 5.82 Å². The number of para-hydroxylation sites is 1. The number of amides is 1. The maximum atomic E-state index is 12.9. The molecule has 0 unspecified atom stereocenters. The van der Waals surface area contributed by atoms with Crippen LogP contribution in [0.25, 0.3) is 11.5 Å². The smallest absolute Gasteiger partial charge is 0.253 e. The average molecular weight is 426 g/mol. The van der Waals surface area contributed by atoms with Crippen molar-refractivity contribution in [1.29, 1.82) is 0 Å². The van der Waals surface area contributed by atoms with Gasteiger partial charge in [-0.3, -0.25) is 4.79 Å². The van der Waals surface area contributed by atoms with E-state index in [9.17, 15) is 4.79 Å².